The van der Waals surface area contributed by atoms with Crippen molar-refractivity contribution in [2.75, 3.05) is 12.4 Å². The van der Waals surface area contributed by atoms with Crippen LogP contribution in [0.1, 0.15) is 5.56 Å². The van der Waals surface area contributed by atoms with Gasteiger partial charge in [-0.05, 0) is 29.8 Å². The number of pyridine rings is 1. The minimum atomic E-state index is -2.74. The number of hydrogen-bond donors (Lipinski definition) is 3. The second-order valence-electron chi connectivity index (χ2n) is 4.29. The van der Waals surface area contributed by atoms with Crippen LogP contribution in [-0.4, -0.2) is 26.4 Å². The third-order valence-corrected chi connectivity index (χ3v) is 3.65. The SMILES string of the molecule is CN/C(=C\c1ccccc1[SH](=O)=O)C(=O)Nc1ccccn1. The summed E-state index contributed by atoms with van der Waals surface area (Å²) in [6, 6.07) is 11.6. The Kier molecular flexibility index (Phi) is 5.26. The molecule has 1 aromatic heterocycles. The number of nitrogens with one attached hydrogen (secondary N) is 2. The Balaban J connectivity index is 2.30. The van der Waals surface area contributed by atoms with E-state index < -0.39 is 16.6 Å². The first-order valence-corrected chi connectivity index (χ1v) is 7.65. The molecule has 2 N–H and O–H groups in total. The second kappa shape index (κ2) is 7.37. The van der Waals surface area contributed by atoms with E-state index >= 15 is 0 Å². The smallest absolute Gasteiger partial charge is 0.272 e. The van der Waals surface area contributed by atoms with E-state index in [0.717, 1.165) is 0 Å². The van der Waals surface area contributed by atoms with E-state index in [-0.39, 0.29) is 10.6 Å². The number of rotatable bonds is 5. The number of benzene rings is 1. The van der Waals surface area contributed by atoms with Gasteiger partial charge >= 0.3 is 0 Å². The normalized spacial score (nSPS) is 11.3. The Morgan fingerprint density at radius 1 is 1.14 bits per heavy atom. The number of carbonyl (C=O) groups excluding carboxylic acids is 1. The summed E-state index contributed by atoms with van der Waals surface area (Å²) in [6.07, 6.45) is 3.05. The lowest BCUT2D eigenvalue weighted by Crippen LogP contribution is -2.23. The summed E-state index contributed by atoms with van der Waals surface area (Å²) in [5.41, 5.74) is 0.675. The zero-order valence-corrected chi connectivity index (χ0v) is 12.7. The number of amides is 1. The maximum Gasteiger partial charge on any atom is 0.272 e. The van der Waals surface area contributed by atoms with Crippen molar-refractivity contribution in [3.8, 4) is 0 Å². The Hall–Kier alpha value is -2.67. The average Bonchev–Trinajstić information content (AvgIpc) is 2.53. The first-order valence-electron chi connectivity index (χ1n) is 6.47. The molecular formula is C15H15N3O3S. The highest BCUT2D eigenvalue weighted by molar-refractivity contribution is 7.72. The van der Waals surface area contributed by atoms with Gasteiger partial charge in [0.1, 0.15) is 11.5 Å². The Labute approximate surface area is 129 Å². The van der Waals surface area contributed by atoms with Crippen LogP contribution in [0, 0.1) is 0 Å². The fourth-order valence-electron chi connectivity index (χ4n) is 1.80. The number of thiol groups is 1. The van der Waals surface area contributed by atoms with E-state index in [4.69, 9.17) is 0 Å². The molecule has 0 aliphatic carbocycles. The minimum absolute atomic E-state index is 0.163. The van der Waals surface area contributed by atoms with Gasteiger partial charge in [0.2, 0.25) is 0 Å². The van der Waals surface area contributed by atoms with Crippen molar-refractivity contribution < 1.29 is 13.2 Å². The van der Waals surface area contributed by atoms with E-state index in [2.05, 4.69) is 15.6 Å². The third kappa shape index (κ3) is 3.92. The van der Waals surface area contributed by atoms with E-state index in [1.54, 1.807) is 49.6 Å². The van der Waals surface area contributed by atoms with E-state index in [1.165, 1.54) is 12.1 Å². The van der Waals surface area contributed by atoms with Gasteiger partial charge in [-0.1, -0.05) is 24.3 Å². The third-order valence-electron chi connectivity index (χ3n) is 2.85. The van der Waals surface area contributed by atoms with Crippen LogP contribution in [0.2, 0.25) is 0 Å². The van der Waals surface area contributed by atoms with Crippen molar-refractivity contribution in [1.82, 2.24) is 10.3 Å². The molecule has 0 atom stereocenters. The van der Waals surface area contributed by atoms with Crippen LogP contribution in [0.15, 0.2) is 59.3 Å². The fraction of sp³-hybridized carbons (Fsp3) is 0.0667. The predicted octanol–water partition coefficient (Wildman–Crippen LogP) is 1.25. The molecule has 1 heterocycles. The van der Waals surface area contributed by atoms with Crippen molar-refractivity contribution in [3.05, 3.63) is 59.9 Å². The van der Waals surface area contributed by atoms with E-state index in [1.807, 2.05) is 0 Å². The molecular weight excluding hydrogens is 302 g/mol. The number of carbonyl (C=O) groups is 1. The summed E-state index contributed by atoms with van der Waals surface area (Å²) < 4.78 is 22.5. The van der Waals surface area contributed by atoms with Gasteiger partial charge in [-0.2, -0.15) is 0 Å². The summed E-state index contributed by atoms with van der Waals surface area (Å²) in [6.45, 7) is 0. The molecule has 22 heavy (non-hydrogen) atoms. The van der Waals surface area contributed by atoms with Crippen LogP contribution in [0.3, 0.4) is 0 Å². The molecule has 0 radical (unpaired) electrons. The van der Waals surface area contributed by atoms with Gasteiger partial charge in [-0.3, -0.25) is 4.79 Å². The molecule has 0 spiro atoms. The van der Waals surface area contributed by atoms with Gasteiger partial charge in [-0.25, -0.2) is 13.4 Å². The molecule has 0 saturated heterocycles. The van der Waals surface area contributed by atoms with Gasteiger partial charge in [0.25, 0.3) is 5.91 Å². The Morgan fingerprint density at radius 3 is 2.50 bits per heavy atom. The summed E-state index contributed by atoms with van der Waals surface area (Å²) in [5, 5.41) is 5.39. The standard InChI is InChI=1S/C15H15N3O3S/c1-16-12(15(19)18-14-8-4-5-9-17-14)10-11-6-2-3-7-13(11)22(20)21/h2-10,16,22H,1H3,(H,17,18,19)/b12-10-. The summed E-state index contributed by atoms with van der Waals surface area (Å²) >= 11 is 0. The first kappa shape index (κ1) is 15.7. The predicted molar refractivity (Wildman–Crippen MR) is 84.9 cm³/mol. The lowest BCUT2D eigenvalue weighted by atomic mass is 10.2. The molecule has 114 valence electrons. The van der Waals surface area contributed by atoms with Crippen molar-refractivity contribution in [3.63, 3.8) is 0 Å². The molecule has 0 bridgehead atoms. The van der Waals surface area contributed by atoms with Gasteiger partial charge in [0, 0.05) is 13.2 Å². The van der Waals surface area contributed by atoms with Gasteiger partial charge < -0.3 is 10.6 Å². The average molecular weight is 317 g/mol. The topological polar surface area (TPSA) is 88.2 Å². The summed E-state index contributed by atoms with van der Waals surface area (Å²) in [7, 11) is -1.15. The van der Waals surface area contributed by atoms with Crippen LogP contribution in [-0.2, 0) is 15.5 Å². The van der Waals surface area contributed by atoms with Gasteiger partial charge in [0.15, 0.2) is 10.7 Å². The highest BCUT2D eigenvalue weighted by atomic mass is 32.2. The van der Waals surface area contributed by atoms with Crippen molar-refractivity contribution >= 4 is 28.5 Å². The largest absolute Gasteiger partial charge is 0.384 e. The Bertz CT molecular complexity index is 763. The lowest BCUT2D eigenvalue weighted by Gasteiger charge is -2.08. The molecule has 6 nitrogen and oxygen atoms in total. The lowest BCUT2D eigenvalue weighted by molar-refractivity contribution is -0.113. The minimum Gasteiger partial charge on any atom is -0.384 e. The van der Waals surface area contributed by atoms with Crippen LogP contribution in [0.25, 0.3) is 6.08 Å². The van der Waals surface area contributed by atoms with E-state index in [9.17, 15) is 13.2 Å². The number of likely N-dealkylation sites (N-methyl/N-ethyl adjacent to an activating group) is 1. The molecule has 0 aliphatic heterocycles. The second-order valence-corrected chi connectivity index (χ2v) is 5.29. The van der Waals surface area contributed by atoms with E-state index in [0.29, 0.717) is 11.4 Å². The molecule has 0 fully saturated rings. The van der Waals surface area contributed by atoms with Crippen LogP contribution >= 0.6 is 0 Å². The fourth-order valence-corrected chi connectivity index (χ4v) is 2.36. The highest BCUT2D eigenvalue weighted by Crippen LogP contribution is 2.14. The number of hydrogen-bond acceptors (Lipinski definition) is 5. The molecule has 2 aromatic rings. The summed E-state index contributed by atoms with van der Waals surface area (Å²) in [4.78, 5) is 16.4. The molecule has 1 amide bonds. The zero-order chi connectivity index (χ0) is 15.9. The molecule has 2 rings (SSSR count). The van der Waals surface area contributed by atoms with Crippen LogP contribution in [0.5, 0.6) is 0 Å². The number of aromatic nitrogens is 1. The van der Waals surface area contributed by atoms with Gasteiger partial charge in [-0.15, -0.1) is 0 Å². The number of nitrogens with zero attached hydrogens (tertiary/aromatic N) is 1. The molecule has 0 saturated carbocycles. The Morgan fingerprint density at radius 2 is 1.86 bits per heavy atom. The highest BCUT2D eigenvalue weighted by Gasteiger charge is 2.10. The van der Waals surface area contributed by atoms with Crippen molar-refractivity contribution in [1.29, 1.82) is 0 Å². The van der Waals surface area contributed by atoms with Crippen LogP contribution in [0.4, 0.5) is 5.82 Å². The summed E-state index contributed by atoms with van der Waals surface area (Å²) in [5.74, 6) is 0.00830. The molecule has 0 unspecified atom stereocenters. The maximum absolute atomic E-state index is 12.2. The maximum atomic E-state index is 12.2. The number of anilines is 1. The van der Waals surface area contributed by atoms with Crippen molar-refractivity contribution in [2.24, 2.45) is 0 Å². The van der Waals surface area contributed by atoms with Crippen LogP contribution < -0.4 is 10.6 Å². The quantitative estimate of drug-likeness (QED) is 0.570. The first-order chi connectivity index (χ1) is 10.6. The molecule has 0 aliphatic rings. The molecule has 1 aromatic carbocycles. The molecule has 7 heteroatoms. The van der Waals surface area contributed by atoms with Crippen molar-refractivity contribution in [2.45, 2.75) is 4.90 Å². The zero-order valence-electron chi connectivity index (χ0n) is 11.8. The van der Waals surface area contributed by atoms with Gasteiger partial charge in [0.05, 0.1) is 4.90 Å². The monoisotopic (exact) mass is 317 g/mol.